The first kappa shape index (κ1) is 20.8. The summed E-state index contributed by atoms with van der Waals surface area (Å²) in [4.78, 5) is 31.3. The molecular weight excluding hydrogens is 432 g/mol. The number of hydrogen-bond donors (Lipinski definition) is 0. The van der Waals surface area contributed by atoms with Crippen molar-refractivity contribution in [3.63, 3.8) is 0 Å². The Labute approximate surface area is 179 Å². The summed E-state index contributed by atoms with van der Waals surface area (Å²) >= 11 is 2.81. The molecule has 0 unspecified atom stereocenters. The quantitative estimate of drug-likeness (QED) is 0.575. The molecule has 0 saturated carbocycles. The van der Waals surface area contributed by atoms with Gasteiger partial charge in [-0.25, -0.2) is 13.8 Å². The van der Waals surface area contributed by atoms with Crippen molar-refractivity contribution in [3.05, 3.63) is 63.5 Å². The lowest BCUT2D eigenvalue weighted by Crippen LogP contribution is -2.42. The third kappa shape index (κ3) is 4.81. The van der Waals surface area contributed by atoms with Crippen LogP contribution in [0.1, 0.15) is 18.5 Å². The summed E-state index contributed by atoms with van der Waals surface area (Å²) < 4.78 is 33.8. The van der Waals surface area contributed by atoms with E-state index in [-0.39, 0.29) is 23.3 Å². The maximum atomic E-state index is 13.7. The minimum absolute atomic E-state index is 0.0142. The van der Waals surface area contributed by atoms with E-state index < -0.39 is 11.6 Å². The van der Waals surface area contributed by atoms with E-state index in [0.29, 0.717) is 48.1 Å². The van der Waals surface area contributed by atoms with E-state index in [4.69, 9.17) is 4.74 Å². The Morgan fingerprint density at radius 1 is 1.27 bits per heavy atom. The Morgan fingerprint density at radius 2 is 2.07 bits per heavy atom. The van der Waals surface area contributed by atoms with Gasteiger partial charge in [-0.15, -0.1) is 23.1 Å². The largest absolute Gasteiger partial charge is 0.487 e. The SMILES string of the molecule is O=C(CSCc1cc(=O)n2ccsc2n1)N1CCC(Oc2ccc(F)cc2F)CC1. The second-order valence-corrected chi connectivity index (χ2v) is 8.77. The number of piperidine rings is 1. The summed E-state index contributed by atoms with van der Waals surface area (Å²) in [5.74, 6) is -0.543. The fraction of sp³-hybridized carbons (Fsp3) is 0.350. The van der Waals surface area contributed by atoms with Crippen LogP contribution in [0, 0.1) is 11.6 Å². The highest BCUT2D eigenvalue weighted by atomic mass is 32.2. The van der Waals surface area contributed by atoms with Gasteiger partial charge in [0.15, 0.2) is 16.5 Å². The predicted molar refractivity (Wildman–Crippen MR) is 112 cm³/mol. The molecule has 1 aromatic carbocycles. The van der Waals surface area contributed by atoms with Gasteiger partial charge in [-0.2, -0.15) is 0 Å². The molecule has 158 valence electrons. The topological polar surface area (TPSA) is 63.9 Å². The van der Waals surface area contributed by atoms with Crippen LogP contribution in [0.15, 0.2) is 40.6 Å². The zero-order valence-corrected chi connectivity index (χ0v) is 17.6. The lowest BCUT2D eigenvalue weighted by atomic mass is 10.1. The molecule has 1 fully saturated rings. The number of fused-ring (bicyclic) bond motifs is 1. The number of thiazole rings is 1. The lowest BCUT2D eigenvalue weighted by molar-refractivity contribution is -0.130. The summed E-state index contributed by atoms with van der Waals surface area (Å²) in [7, 11) is 0. The van der Waals surface area contributed by atoms with Gasteiger partial charge in [-0.3, -0.25) is 14.0 Å². The number of carbonyl (C=O) groups is 1. The number of aromatic nitrogens is 2. The number of benzene rings is 1. The van der Waals surface area contributed by atoms with E-state index in [1.54, 1.807) is 11.1 Å². The first-order valence-electron chi connectivity index (χ1n) is 9.42. The molecular formula is C20H19F2N3O3S2. The van der Waals surface area contributed by atoms with Crippen molar-refractivity contribution in [1.82, 2.24) is 14.3 Å². The average Bonchev–Trinajstić information content (AvgIpc) is 3.20. The van der Waals surface area contributed by atoms with Crippen LogP contribution in [0.2, 0.25) is 0 Å². The average molecular weight is 452 g/mol. The summed E-state index contributed by atoms with van der Waals surface area (Å²) in [6.45, 7) is 1.04. The van der Waals surface area contributed by atoms with Crippen molar-refractivity contribution in [2.24, 2.45) is 0 Å². The van der Waals surface area contributed by atoms with Gasteiger partial charge >= 0.3 is 0 Å². The second kappa shape index (κ2) is 9.13. The molecule has 0 atom stereocenters. The molecule has 3 heterocycles. The number of carbonyl (C=O) groups excluding carboxylic acids is 1. The number of rotatable bonds is 6. The molecule has 1 saturated heterocycles. The van der Waals surface area contributed by atoms with Crippen molar-refractivity contribution in [2.45, 2.75) is 24.7 Å². The molecule has 1 aliphatic rings. The van der Waals surface area contributed by atoms with E-state index >= 15 is 0 Å². The lowest BCUT2D eigenvalue weighted by Gasteiger charge is -2.32. The van der Waals surface area contributed by atoms with E-state index in [1.807, 2.05) is 5.38 Å². The molecule has 0 spiro atoms. The van der Waals surface area contributed by atoms with Crippen LogP contribution in [0.5, 0.6) is 5.75 Å². The Hall–Kier alpha value is -2.46. The Morgan fingerprint density at radius 3 is 2.83 bits per heavy atom. The van der Waals surface area contributed by atoms with Crippen LogP contribution in [0.25, 0.3) is 4.96 Å². The molecule has 30 heavy (non-hydrogen) atoms. The zero-order valence-electron chi connectivity index (χ0n) is 15.9. The highest BCUT2D eigenvalue weighted by Gasteiger charge is 2.24. The Kier molecular flexibility index (Phi) is 6.33. The molecule has 0 aliphatic carbocycles. The van der Waals surface area contributed by atoms with Gasteiger partial charge in [0.25, 0.3) is 5.56 Å². The molecule has 0 bridgehead atoms. The highest BCUT2D eigenvalue weighted by Crippen LogP contribution is 2.23. The molecule has 0 radical (unpaired) electrons. The minimum Gasteiger partial charge on any atom is -0.487 e. The number of amides is 1. The van der Waals surface area contributed by atoms with Gasteiger partial charge in [0.1, 0.15) is 11.9 Å². The van der Waals surface area contributed by atoms with Gasteiger partial charge in [0.05, 0.1) is 11.4 Å². The van der Waals surface area contributed by atoms with Crippen LogP contribution in [-0.4, -0.2) is 45.1 Å². The highest BCUT2D eigenvalue weighted by molar-refractivity contribution is 7.99. The first-order chi connectivity index (χ1) is 14.5. The molecule has 1 amide bonds. The third-order valence-corrected chi connectivity index (χ3v) is 6.52. The first-order valence-corrected chi connectivity index (χ1v) is 11.5. The van der Waals surface area contributed by atoms with Crippen LogP contribution in [0.4, 0.5) is 8.78 Å². The van der Waals surface area contributed by atoms with E-state index in [9.17, 15) is 18.4 Å². The van der Waals surface area contributed by atoms with Crippen LogP contribution in [0.3, 0.4) is 0 Å². The number of halogens is 2. The number of nitrogens with zero attached hydrogens (tertiary/aromatic N) is 3. The number of hydrogen-bond acceptors (Lipinski definition) is 6. The summed E-state index contributed by atoms with van der Waals surface area (Å²) in [5, 5.41) is 1.81. The smallest absolute Gasteiger partial charge is 0.258 e. The fourth-order valence-corrected chi connectivity index (χ4v) is 4.82. The molecule has 4 rings (SSSR count). The molecule has 0 N–H and O–H groups in total. The monoisotopic (exact) mass is 451 g/mol. The molecule has 10 heteroatoms. The summed E-state index contributed by atoms with van der Waals surface area (Å²) in [6, 6.07) is 4.74. The third-order valence-electron chi connectivity index (χ3n) is 4.81. The van der Waals surface area contributed by atoms with Crippen molar-refractivity contribution in [3.8, 4) is 5.75 Å². The van der Waals surface area contributed by atoms with E-state index in [0.717, 1.165) is 12.1 Å². The Balaban J connectivity index is 1.23. The zero-order chi connectivity index (χ0) is 21.1. The Bertz CT molecular complexity index is 1110. The van der Waals surface area contributed by atoms with Gasteiger partial charge < -0.3 is 9.64 Å². The maximum Gasteiger partial charge on any atom is 0.258 e. The van der Waals surface area contributed by atoms with Crippen LogP contribution >= 0.6 is 23.1 Å². The standard InChI is InChI=1S/C20H19F2N3O3S2/c21-13-1-2-17(16(22)9-13)28-15-3-5-24(6-4-15)19(27)12-29-11-14-10-18(26)25-7-8-30-20(25)23-14/h1-2,7-10,15H,3-6,11-12H2. The van der Waals surface area contributed by atoms with Crippen LogP contribution in [-0.2, 0) is 10.5 Å². The fourth-order valence-electron chi connectivity index (χ4n) is 3.27. The molecule has 6 nitrogen and oxygen atoms in total. The summed E-state index contributed by atoms with van der Waals surface area (Å²) in [6.07, 6.45) is 2.64. The van der Waals surface area contributed by atoms with Crippen molar-refractivity contribution in [2.75, 3.05) is 18.8 Å². The van der Waals surface area contributed by atoms with Crippen LogP contribution < -0.4 is 10.3 Å². The minimum atomic E-state index is -0.723. The molecule has 3 aromatic rings. The van der Waals surface area contributed by atoms with Crippen molar-refractivity contribution in [1.29, 1.82) is 0 Å². The maximum absolute atomic E-state index is 13.7. The second-order valence-electron chi connectivity index (χ2n) is 6.91. The van der Waals surface area contributed by atoms with Gasteiger partial charge in [-0.05, 0) is 12.1 Å². The molecule has 2 aromatic heterocycles. The van der Waals surface area contributed by atoms with Gasteiger partial charge in [-0.1, -0.05) is 0 Å². The van der Waals surface area contributed by atoms with Crippen molar-refractivity contribution >= 4 is 34.0 Å². The molecule has 1 aliphatic heterocycles. The van der Waals surface area contributed by atoms with Gasteiger partial charge in [0.2, 0.25) is 5.91 Å². The van der Waals surface area contributed by atoms with E-state index in [1.165, 1.54) is 39.6 Å². The van der Waals surface area contributed by atoms with E-state index in [2.05, 4.69) is 4.98 Å². The number of thioether (sulfide) groups is 1. The normalized spacial score (nSPS) is 14.9. The predicted octanol–water partition coefficient (Wildman–Crippen LogP) is 3.34. The summed E-state index contributed by atoms with van der Waals surface area (Å²) in [5.41, 5.74) is 0.538. The number of likely N-dealkylation sites (tertiary alicyclic amines) is 1. The van der Waals surface area contributed by atoms with Gasteiger partial charge in [0, 0.05) is 55.4 Å². The number of ether oxygens (including phenoxy) is 1. The van der Waals surface area contributed by atoms with Crippen molar-refractivity contribution < 1.29 is 18.3 Å².